The molecule has 1 aromatic rings. The number of rotatable bonds is 8. The number of nitrogens with one attached hydrogen (secondary N) is 2. The van der Waals surface area contributed by atoms with Crippen molar-refractivity contribution >= 4 is 21.4 Å². The highest BCUT2D eigenvalue weighted by Gasteiger charge is 2.16. The third-order valence-corrected chi connectivity index (χ3v) is 5.41. The number of hydrogen-bond acceptors (Lipinski definition) is 5. The standard InChI is InChI=1S/C12H23N3O2S2/c1-10(2)13-8-11-7-12(18-9-11)19(16,17)14-5-6-15(3)4/h7,9-10,13-14H,5-6,8H2,1-4H3. The van der Waals surface area contributed by atoms with Crippen molar-refractivity contribution in [1.29, 1.82) is 0 Å². The monoisotopic (exact) mass is 305 g/mol. The van der Waals surface area contributed by atoms with Gasteiger partial charge >= 0.3 is 0 Å². The fourth-order valence-electron chi connectivity index (χ4n) is 1.38. The molecule has 0 spiro atoms. The molecule has 7 heteroatoms. The average molecular weight is 305 g/mol. The van der Waals surface area contributed by atoms with E-state index in [4.69, 9.17) is 0 Å². The van der Waals surface area contributed by atoms with Gasteiger partial charge in [0.1, 0.15) is 4.21 Å². The van der Waals surface area contributed by atoms with Crippen LogP contribution in [0.2, 0.25) is 0 Å². The van der Waals surface area contributed by atoms with E-state index in [1.807, 2.05) is 24.4 Å². The van der Waals surface area contributed by atoms with Crippen molar-refractivity contribution in [1.82, 2.24) is 14.9 Å². The molecule has 1 rings (SSSR count). The van der Waals surface area contributed by atoms with Crippen LogP contribution in [0.15, 0.2) is 15.7 Å². The molecule has 0 amide bonds. The van der Waals surface area contributed by atoms with E-state index in [1.165, 1.54) is 11.3 Å². The topological polar surface area (TPSA) is 61.4 Å². The Morgan fingerprint density at radius 1 is 1.37 bits per heavy atom. The van der Waals surface area contributed by atoms with Crippen molar-refractivity contribution < 1.29 is 8.42 Å². The van der Waals surface area contributed by atoms with E-state index in [1.54, 1.807) is 6.07 Å². The second-order valence-corrected chi connectivity index (χ2v) is 7.92. The molecule has 0 bridgehead atoms. The predicted molar refractivity (Wildman–Crippen MR) is 80.0 cm³/mol. The predicted octanol–water partition coefficient (Wildman–Crippen LogP) is 1.09. The lowest BCUT2D eigenvalue weighted by Crippen LogP contribution is -2.31. The van der Waals surface area contributed by atoms with Gasteiger partial charge in [0.25, 0.3) is 0 Å². The van der Waals surface area contributed by atoms with Crippen molar-refractivity contribution in [2.45, 2.75) is 30.6 Å². The van der Waals surface area contributed by atoms with Crippen molar-refractivity contribution in [2.75, 3.05) is 27.2 Å². The molecule has 1 heterocycles. The summed E-state index contributed by atoms with van der Waals surface area (Å²) in [4.78, 5) is 1.94. The molecule has 0 radical (unpaired) electrons. The zero-order valence-corrected chi connectivity index (χ0v) is 13.6. The lowest BCUT2D eigenvalue weighted by Gasteiger charge is -2.09. The van der Waals surface area contributed by atoms with E-state index in [9.17, 15) is 8.42 Å². The van der Waals surface area contributed by atoms with Gasteiger partial charge < -0.3 is 10.2 Å². The van der Waals surface area contributed by atoms with Gasteiger partial charge in [-0.3, -0.25) is 0 Å². The molecule has 0 unspecified atom stereocenters. The van der Waals surface area contributed by atoms with Gasteiger partial charge in [-0.05, 0) is 31.1 Å². The minimum Gasteiger partial charge on any atom is -0.310 e. The summed E-state index contributed by atoms with van der Waals surface area (Å²) < 4.78 is 27.0. The molecule has 0 fully saturated rings. The van der Waals surface area contributed by atoms with E-state index in [0.717, 1.165) is 5.56 Å². The Bertz CT molecular complexity index is 481. The van der Waals surface area contributed by atoms with Crippen LogP contribution in [0.5, 0.6) is 0 Å². The molecule has 1 aromatic heterocycles. The van der Waals surface area contributed by atoms with Crippen molar-refractivity contribution in [2.24, 2.45) is 0 Å². The summed E-state index contributed by atoms with van der Waals surface area (Å²) in [6.07, 6.45) is 0. The Hall–Kier alpha value is -0.470. The smallest absolute Gasteiger partial charge is 0.250 e. The minimum atomic E-state index is -3.36. The Labute approximate surface area is 120 Å². The Balaban J connectivity index is 2.58. The van der Waals surface area contributed by atoms with Gasteiger partial charge in [0, 0.05) is 25.7 Å². The minimum absolute atomic E-state index is 0.381. The number of likely N-dealkylation sites (N-methyl/N-ethyl adjacent to an activating group) is 1. The molecular formula is C12H23N3O2S2. The molecular weight excluding hydrogens is 282 g/mol. The molecule has 110 valence electrons. The summed E-state index contributed by atoms with van der Waals surface area (Å²) in [6.45, 7) is 5.93. The van der Waals surface area contributed by atoms with Crippen LogP contribution in [0.25, 0.3) is 0 Å². The SMILES string of the molecule is CC(C)NCc1csc(S(=O)(=O)NCCN(C)C)c1. The molecule has 0 aliphatic heterocycles. The first-order chi connectivity index (χ1) is 8.81. The second-order valence-electron chi connectivity index (χ2n) is 5.01. The van der Waals surface area contributed by atoms with Crippen LogP contribution in [0.4, 0.5) is 0 Å². The van der Waals surface area contributed by atoms with Gasteiger partial charge in [-0.15, -0.1) is 11.3 Å². The summed E-state index contributed by atoms with van der Waals surface area (Å²) in [5.41, 5.74) is 1.01. The van der Waals surface area contributed by atoms with Gasteiger partial charge in [-0.25, -0.2) is 13.1 Å². The second kappa shape index (κ2) is 7.35. The van der Waals surface area contributed by atoms with E-state index < -0.39 is 10.0 Å². The normalized spacial score (nSPS) is 12.5. The highest BCUT2D eigenvalue weighted by molar-refractivity contribution is 7.91. The molecule has 5 nitrogen and oxygen atoms in total. The maximum absolute atomic E-state index is 12.0. The zero-order chi connectivity index (χ0) is 14.5. The molecule has 0 saturated heterocycles. The van der Waals surface area contributed by atoms with Crippen LogP contribution >= 0.6 is 11.3 Å². The third kappa shape index (κ3) is 6.01. The molecule has 0 aromatic carbocycles. The largest absolute Gasteiger partial charge is 0.310 e. The summed E-state index contributed by atoms with van der Waals surface area (Å²) in [6, 6.07) is 2.12. The first-order valence-corrected chi connectivity index (χ1v) is 8.62. The fraction of sp³-hybridized carbons (Fsp3) is 0.667. The number of hydrogen-bond donors (Lipinski definition) is 2. The Kier molecular flexibility index (Phi) is 6.41. The van der Waals surface area contributed by atoms with Crippen LogP contribution < -0.4 is 10.0 Å². The first-order valence-electron chi connectivity index (χ1n) is 6.26. The van der Waals surface area contributed by atoms with Crippen molar-refractivity contribution in [3.05, 3.63) is 17.0 Å². The van der Waals surface area contributed by atoms with Gasteiger partial charge in [0.15, 0.2) is 0 Å². The summed E-state index contributed by atoms with van der Waals surface area (Å²) in [5.74, 6) is 0. The lowest BCUT2D eigenvalue weighted by atomic mass is 10.3. The highest BCUT2D eigenvalue weighted by Crippen LogP contribution is 2.19. The van der Waals surface area contributed by atoms with Crippen LogP contribution in [-0.2, 0) is 16.6 Å². The molecule has 2 N–H and O–H groups in total. The van der Waals surface area contributed by atoms with E-state index in [0.29, 0.717) is 29.9 Å². The third-order valence-electron chi connectivity index (χ3n) is 2.46. The van der Waals surface area contributed by atoms with E-state index in [2.05, 4.69) is 23.9 Å². The molecule has 19 heavy (non-hydrogen) atoms. The maximum Gasteiger partial charge on any atom is 0.250 e. The molecule has 0 aliphatic carbocycles. The fourth-order valence-corrected chi connectivity index (χ4v) is 3.66. The van der Waals surface area contributed by atoms with Crippen LogP contribution in [-0.4, -0.2) is 46.5 Å². The first kappa shape index (κ1) is 16.6. The summed E-state index contributed by atoms with van der Waals surface area (Å²) in [7, 11) is 0.464. The van der Waals surface area contributed by atoms with Crippen molar-refractivity contribution in [3.63, 3.8) is 0 Å². The molecule has 0 aliphatic rings. The summed E-state index contributed by atoms with van der Waals surface area (Å²) in [5, 5.41) is 5.15. The number of nitrogens with zero attached hydrogens (tertiary/aromatic N) is 1. The zero-order valence-electron chi connectivity index (χ0n) is 11.9. The molecule has 0 saturated carbocycles. The van der Waals surface area contributed by atoms with Gasteiger partial charge in [0.2, 0.25) is 10.0 Å². The summed E-state index contributed by atoms with van der Waals surface area (Å²) >= 11 is 1.26. The lowest BCUT2D eigenvalue weighted by molar-refractivity contribution is 0.412. The van der Waals surface area contributed by atoms with Gasteiger partial charge in [-0.2, -0.15) is 0 Å². The van der Waals surface area contributed by atoms with Crippen molar-refractivity contribution in [3.8, 4) is 0 Å². The quantitative estimate of drug-likeness (QED) is 0.755. The Morgan fingerprint density at radius 3 is 2.63 bits per heavy atom. The number of sulfonamides is 1. The number of thiophene rings is 1. The maximum atomic E-state index is 12.0. The average Bonchev–Trinajstić information content (AvgIpc) is 2.74. The van der Waals surface area contributed by atoms with Gasteiger partial charge in [0.05, 0.1) is 0 Å². The van der Waals surface area contributed by atoms with Crippen LogP contribution in [0.1, 0.15) is 19.4 Å². The molecule has 0 atom stereocenters. The van der Waals surface area contributed by atoms with E-state index >= 15 is 0 Å². The van der Waals surface area contributed by atoms with Crippen LogP contribution in [0.3, 0.4) is 0 Å². The highest BCUT2D eigenvalue weighted by atomic mass is 32.2. The van der Waals surface area contributed by atoms with Gasteiger partial charge in [-0.1, -0.05) is 13.8 Å². The van der Waals surface area contributed by atoms with E-state index in [-0.39, 0.29) is 0 Å². The Morgan fingerprint density at radius 2 is 2.05 bits per heavy atom. The van der Waals surface area contributed by atoms with Crippen LogP contribution in [0, 0.1) is 0 Å².